The number of hydrogen-bond acceptors (Lipinski definition) is 4. The maximum atomic E-state index is 12.5. The van der Waals surface area contributed by atoms with Crippen LogP contribution in [0.3, 0.4) is 0 Å². The minimum Gasteiger partial charge on any atom is -0.478 e. The SMILES string of the molecule is O=C(CSc1ccc(Cl)cc1)Nc1cccc(C(=O)Nc2ccc(C(=O)O)cc2)c1. The molecule has 0 saturated heterocycles. The number of aromatic carboxylic acids is 1. The van der Waals surface area contributed by atoms with Gasteiger partial charge in [-0.05, 0) is 66.7 Å². The van der Waals surface area contributed by atoms with E-state index in [9.17, 15) is 14.4 Å². The number of anilines is 2. The maximum absolute atomic E-state index is 12.5. The molecule has 0 heterocycles. The van der Waals surface area contributed by atoms with Gasteiger partial charge in [0.05, 0.1) is 11.3 Å². The quantitative estimate of drug-likeness (QED) is 0.448. The average Bonchev–Trinajstić information content (AvgIpc) is 2.74. The number of amides is 2. The van der Waals surface area contributed by atoms with Crippen LogP contribution in [0.1, 0.15) is 20.7 Å². The number of carbonyl (C=O) groups excluding carboxylic acids is 2. The highest BCUT2D eigenvalue weighted by molar-refractivity contribution is 8.00. The summed E-state index contributed by atoms with van der Waals surface area (Å²) < 4.78 is 0. The van der Waals surface area contributed by atoms with E-state index in [-0.39, 0.29) is 23.1 Å². The van der Waals surface area contributed by atoms with E-state index in [1.807, 2.05) is 12.1 Å². The summed E-state index contributed by atoms with van der Waals surface area (Å²) in [6.45, 7) is 0. The van der Waals surface area contributed by atoms with Crippen LogP contribution in [-0.2, 0) is 4.79 Å². The first-order valence-corrected chi connectivity index (χ1v) is 10.2. The molecule has 0 aliphatic carbocycles. The number of rotatable bonds is 7. The second-order valence-corrected chi connectivity index (χ2v) is 7.69. The number of thioether (sulfide) groups is 1. The first kappa shape index (κ1) is 21.4. The third kappa shape index (κ3) is 6.10. The summed E-state index contributed by atoms with van der Waals surface area (Å²) >= 11 is 7.23. The van der Waals surface area contributed by atoms with Crippen molar-refractivity contribution in [3.05, 3.63) is 88.9 Å². The number of hydrogen-bond donors (Lipinski definition) is 3. The molecule has 6 nitrogen and oxygen atoms in total. The monoisotopic (exact) mass is 440 g/mol. The molecule has 152 valence electrons. The molecular formula is C22H17ClN2O4S. The van der Waals surface area contributed by atoms with E-state index in [0.29, 0.717) is 22.0 Å². The van der Waals surface area contributed by atoms with Crippen LogP contribution in [0.2, 0.25) is 5.02 Å². The Morgan fingerprint density at radius 1 is 0.833 bits per heavy atom. The van der Waals surface area contributed by atoms with Crippen LogP contribution < -0.4 is 10.6 Å². The Kier molecular flexibility index (Phi) is 7.11. The summed E-state index contributed by atoms with van der Waals surface area (Å²) in [5.74, 6) is -1.39. The standard InChI is InChI=1S/C22H17ClN2O4S/c23-16-6-10-19(11-7-16)30-13-20(26)24-18-3-1-2-15(12-18)21(27)25-17-8-4-14(5-9-17)22(28)29/h1-12H,13H2,(H,24,26)(H,25,27)(H,28,29). The van der Waals surface area contributed by atoms with Gasteiger partial charge in [-0.3, -0.25) is 9.59 Å². The van der Waals surface area contributed by atoms with Crippen molar-refractivity contribution < 1.29 is 19.5 Å². The van der Waals surface area contributed by atoms with Gasteiger partial charge in [-0.2, -0.15) is 0 Å². The summed E-state index contributed by atoms with van der Waals surface area (Å²) in [6, 6.07) is 19.6. The van der Waals surface area contributed by atoms with Crippen LogP contribution in [0.15, 0.2) is 77.7 Å². The van der Waals surface area contributed by atoms with Gasteiger partial charge >= 0.3 is 5.97 Å². The van der Waals surface area contributed by atoms with Gasteiger partial charge in [-0.25, -0.2) is 4.79 Å². The fraction of sp³-hybridized carbons (Fsp3) is 0.0455. The zero-order valence-electron chi connectivity index (χ0n) is 15.6. The van der Waals surface area contributed by atoms with Crippen LogP contribution in [0.4, 0.5) is 11.4 Å². The Labute approximate surface area is 182 Å². The summed E-state index contributed by atoms with van der Waals surface area (Å²) in [6.07, 6.45) is 0. The first-order valence-electron chi connectivity index (χ1n) is 8.84. The maximum Gasteiger partial charge on any atom is 0.335 e. The number of nitrogens with one attached hydrogen (secondary N) is 2. The molecule has 0 radical (unpaired) electrons. The molecule has 3 aromatic rings. The van der Waals surface area contributed by atoms with Crippen molar-refractivity contribution in [1.29, 1.82) is 0 Å². The lowest BCUT2D eigenvalue weighted by Crippen LogP contribution is -2.16. The summed E-state index contributed by atoms with van der Waals surface area (Å²) in [4.78, 5) is 36.5. The van der Waals surface area contributed by atoms with E-state index in [0.717, 1.165) is 4.90 Å². The molecule has 0 unspecified atom stereocenters. The van der Waals surface area contributed by atoms with E-state index in [2.05, 4.69) is 10.6 Å². The largest absolute Gasteiger partial charge is 0.478 e. The van der Waals surface area contributed by atoms with E-state index in [1.165, 1.54) is 36.0 Å². The average molecular weight is 441 g/mol. The fourth-order valence-corrected chi connectivity index (χ4v) is 3.34. The van der Waals surface area contributed by atoms with E-state index >= 15 is 0 Å². The molecule has 0 aliphatic heterocycles. The highest BCUT2D eigenvalue weighted by atomic mass is 35.5. The van der Waals surface area contributed by atoms with E-state index in [1.54, 1.807) is 36.4 Å². The Bertz CT molecular complexity index is 1070. The molecule has 8 heteroatoms. The summed E-state index contributed by atoms with van der Waals surface area (Å²) in [5, 5.41) is 15.0. The Morgan fingerprint density at radius 3 is 2.20 bits per heavy atom. The number of carboxylic acid groups (broad SMARTS) is 1. The van der Waals surface area contributed by atoms with Gasteiger partial charge in [0, 0.05) is 26.9 Å². The number of carbonyl (C=O) groups is 3. The van der Waals surface area contributed by atoms with E-state index < -0.39 is 5.97 Å². The molecule has 3 N–H and O–H groups in total. The number of benzene rings is 3. The van der Waals surface area contributed by atoms with Crippen LogP contribution in [-0.4, -0.2) is 28.6 Å². The third-order valence-corrected chi connectivity index (χ3v) is 5.25. The Balaban J connectivity index is 1.57. The Hall–Kier alpha value is -3.29. The molecule has 3 aromatic carbocycles. The summed E-state index contributed by atoms with van der Waals surface area (Å²) in [7, 11) is 0. The molecule has 0 saturated carbocycles. The predicted octanol–water partition coefficient (Wildman–Crippen LogP) is 5.02. The van der Waals surface area contributed by atoms with Gasteiger partial charge < -0.3 is 15.7 Å². The minimum absolute atomic E-state index is 0.133. The molecular weight excluding hydrogens is 424 g/mol. The lowest BCUT2D eigenvalue weighted by Gasteiger charge is -2.09. The lowest BCUT2D eigenvalue weighted by molar-refractivity contribution is -0.113. The number of halogens is 1. The molecule has 0 atom stereocenters. The molecule has 0 fully saturated rings. The topological polar surface area (TPSA) is 95.5 Å². The van der Waals surface area contributed by atoms with Crippen LogP contribution in [0, 0.1) is 0 Å². The second kappa shape index (κ2) is 9.96. The summed E-state index contributed by atoms with van der Waals surface area (Å²) in [5.41, 5.74) is 1.47. The van der Waals surface area contributed by atoms with Crippen LogP contribution in [0.5, 0.6) is 0 Å². The highest BCUT2D eigenvalue weighted by Crippen LogP contribution is 2.21. The van der Waals surface area contributed by atoms with Crippen LogP contribution in [0.25, 0.3) is 0 Å². The van der Waals surface area contributed by atoms with Crippen molar-refractivity contribution in [3.63, 3.8) is 0 Å². The minimum atomic E-state index is -1.04. The smallest absolute Gasteiger partial charge is 0.335 e. The van der Waals surface area contributed by atoms with Gasteiger partial charge in [-0.15, -0.1) is 11.8 Å². The molecule has 30 heavy (non-hydrogen) atoms. The molecule has 0 bridgehead atoms. The van der Waals surface area contributed by atoms with Crippen molar-refractivity contribution in [2.45, 2.75) is 4.90 Å². The zero-order valence-corrected chi connectivity index (χ0v) is 17.2. The van der Waals surface area contributed by atoms with Gasteiger partial charge in [0.15, 0.2) is 0 Å². The number of carboxylic acids is 1. The van der Waals surface area contributed by atoms with Crippen molar-refractivity contribution >= 4 is 52.5 Å². The predicted molar refractivity (Wildman–Crippen MR) is 119 cm³/mol. The normalized spacial score (nSPS) is 10.3. The van der Waals surface area contributed by atoms with Gasteiger partial charge in [-0.1, -0.05) is 17.7 Å². The Morgan fingerprint density at radius 2 is 1.53 bits per heavy atom. The van der Waals surface area contributed by atoms with Crippen LogP contribution >= 0.6 is 23.4 Å². The van der Waals surface area contributed by atoms with Crippen molar-refractivity contribution in [1.82, 2.24) is 0 Å². The molecule has 0 spiro atoms. The fourth-order valence-electron chi connectivity index (χ4n) is 2.51. The third-order valence-electron chi connectivity index (χ3n) is 3.98. The van der Waals surface area contributed by atoms with Gasteiger partial charge in [0.25, 0.3) is 5.91 Å². The van der Waals surface area contributed by atoms with Crippen molar-refractivity contribution in [2.75, 3.05) is 16.4 Å². The molecule has 3 rings (SSSR count). The van der Waals surface area contributed by atoms with Gasteiger partial charge in [0.1, 0.15) is 0 Å². The molecule has 2 amide bonds. The lowest BCUT2D eigenvalue weighted by atomic mass is 10.1. The molecule has 0 aromatic heterocycles. The highest BCUT2D eigenvalue weighted by Gasteiger charge is 2.10. The second-order valence-electron chi connectivity index (χ2n) is 6.21. The first-order chi connectivity index (χ1) is 14.4. The molecule has 0 aliphatic rings. The van der Waals surface area contributed by atoms with Crippen molar-refractivity contribution in [2.24, 2.45) is 0 Å². The van der Waals surface area contributed by atoms with Crippen molar-refractivity contribution in [3.8, 4) is 0 Å². The zero-order chi connectivity index (χ0) is 21.5. The van der Waals surface area contributed by atoms with E-state index in [4.69, 9.17) is 16.7 Å². The van der Waals surface area contributed by atoms with Gasteiger partial charge in [0.2, 0.25) is 5.91 Å².